The number of amides is 1. The number of aromatic nitrogens is 4. The monoisotopic (exact) mass is 582 g/mol. The van der Waals surface area contributed by atoms with Gasteiger partial charge < -0.3 is 0 Å². The summed E-state index contributed by atoms with van der Waals surface area (Å²) >= 11 is 12.7. The number of ketones is 1. The molecule has 1 aliphatic carbocycles. The second-order valence-corrected chi connectivity index (χ2v) is 13.0. The molecule has 1 fully saturated rings. The predicted molar refractivity (Wildman–Crippen MR) is 159 cm³/mol. The smallest absolute Gasteiger partial charge is 0.270 e. The number of anilines is 1. The third-order valence-electron chi connectivity index (χ3n) is 7.87. The quantitative estimate of drug-likeness (QED) is 0.270. The van der Waals surface area contributed by atoms with E-state index in [0.29, 0.717) is 32.8 Å². The van der Waals surface area contributed by atoms with Crippen molar-refractivity contribution in [2.24, 2.45) is 16.3 Å². The van der Waals surface area contributed by atoms with Crippen LogP contribution >= 0.6 is 23.2 Å². The number of Topliss-reactive ketones (excluding diaryl/α,β-unsaturated/α-hetero) is 1. The van der Waals surface area contributed by atoms with Crippen molar-refractivity contribution < 1.29 is 9.59 Å². The molecule has 0 saturated heterocycles. The molecule has 2 N–H and O–H groups in total. The van der Waals surface area contributed by atoms with Crippen LogP contribution in [0.2, 0.25) is 10.0 Å². The maximum Gasteiger partial charge on any atom is 0.270 e. The van der Waals surface area contributed by atoms with Crippen LogP contribution in [0.3, 0.4) is 0 Å². The second kappa shape index (κ2) is 12.2. The van der Waals surface area contributed by atoms with Crippen LogP contribution in [0.25, 0.3) is 0 Å². The summed E-state index contributed by atoms with van der Waals surface area (Å²) in [6.07, 6.45) is 4.23. The van der Waals surface area contributed by atoms with Crippen LogP contribution < -0.4 is 5.32 Å². The van der Waals surface area contributed by atoms with Crippen molar-refractivity contribution in [2.75, 3.05) is 5.32 Å². The van der Waals surface area contributed by atoms with E-state index in [2.05, 4.69) is 53.6 Å². The van der Waals surface area contributed by atoms with Gasteiger partial charge in [0, 0.05) is 27.6 Å². The van der Waals surface area contributed by atoms with Gasteiger partial charge in [-0.05, 0) is 91.0 Å². The van der Waals surface area contributed by atoms with Crippen molar-refractivity contribution >= 4 is 46.6 Å². The Morgan fingerprint density at radius 2 is 1.70 bits per heavy atom. The fraction of sp³-hybridized carbons (Fsp3) is 0.467. The average Bonchev–Trinajstić information content (AvgIpc) is 3.39. The van der Waals surface area contributed by atoms with Gasteiger partial charge in [-0.25, -0.2) is 0 Å². The number of nitrogens with zero attached hydrogens (tertiary/aromatic N) is 4. The molecule has 1 aliphatic rings. The Labute approximate surface area is 245 Å². The Morgan fingerprint density at radius 1 is 1.07 bits per heavy atom. The van der Waals surface area contributed by atoms with Crippen molar-refractivity contribution in [2.45, 2.75) is 78.2 Å². The molecule has 2 aromatic carbocycles. The molecule has 1 amide bonds. The summed E-state index contributed by atoms with van der Waals surface area (Å²) < 4.78 is 0. The first-order valence-electron chi connectivity index (χ1n) is 13.6. The molecule has 0 radical (unpaired) electrons. The first-order valence-corrected chi connectivity index (χ1v) is 14.3. The minimum Gasteiger partial charge on any atom is -0.292 e. The maximum atomic E-state index is 13.8. The molecule has 1 heterocycles. The average molecular weight is 584 g/mol. The van der Waals surface area contributed by atoms with Crippen LogP contribution in [-0.2, 0) is 4.79 Å². The molecule has 8 nitrogen and oxygen atoms in total. The zero-order valence-corrected chi connectivity index (χ0v) is 25.1. The lowest BCUT2D eigenvalue weighted by atomic mass is 9.68. The number of halogens is 2. The van der Waals surface area contributed by atoms with Gasteiger partial charge >= 0.3 is 0 Å². The lowest BCUT2D eigenvalue weighted by molar-refractivity contribution is -0.113. The summed E-state index contributed by atoms with van der Waals surface area (Å²) in [5.74, 6) is 0.211. The van der Waals surface area contributed by atoms with Gasteiger partial charge in [-0.3, -0.25) is 19.9 Å². The van der Waals surface area contributed by atoms with E-state index in [1.54, 1.807) is 30.3 Å². The van der Waals surface area contributed by atoms with Crippen molar-refractivity contribution in [3.8, 4) is 0 Å². The maximum absolute atomic E-state index is 13.8. The highest BCUT2D eigenvalue weighted by Crippen LogP contribution is 2.43. The predicted octanol–water partition coefficient (Wildman–Crippen LogP) is 7.31. The third kappa shape index (κ3) is 7.55. The molecule has 3 aromatic rings. The molecular formula is C30H36Cl2N6O2. The molecule has 1 unspecified atom stereocenters. The van der Waals surface area contributed by atoms with Gasteiger partial charge in [-0.15, -0.1) is 5.10 Å². The molecule has 0 aliphatic heterocycles. The molecule has 10 heteroatoms. The van der Waals surface area contributed by atoms with Gasteiger partial charge in [0.05, 0.1) is 5.54 Å². The Morgan fingerprint density at radius 3 is 2.25 bits per heavy atom. The van der Waals surface area contributed by atoms with Gasteiger partial charge in [0.2, 0.25) is 0 Å². The van der Waals surface area contributed by atoms with Gasteiger partial charge in [0.1, 0.15) is 5.71 Å². The first-order chi connectivity index (χ1) is 18.8. The molecule has 4 rings (SSSR count). The Balaban J connectivity index is 1.53. The molecule has 1 atom stereocenters. The molecule has 1 saturated carbocycles. The van der Waals surface area contributed by atoms with Crippen LogP contribution in [0.4, 0.5) is 5.95 Å². The molecule has 0 spiro atoms. The second-order valence-electron chi connectivity index (χ2n) is 12.1. The number of hydrogen-bond donors (Lipinski definition) is 2. The van der Waals surface area contributed by atoms with Crippen LogP contribution in [0, 0.1) is 11.3 Å². The Kier molecular flexibility index (Phi) is 9.10. The number of aromatic amines is 1. The number of hydrogen-bond acceptors (Lipinski definition) is 6. The summed E-state index contributed by atoms with van der Waals surface area (Å²) in [5, 5.41) is 16.7. The Bertz CT molecular complexity index is 1350. The van der Waals surface area contributed by atoms with Gasteiger partial charge in [0.15, 0.2) is 5.78 Å². The van der Waals surface area contributed by atoms with E-state index in [9.17, 15) is 9.59 Å². The fourth-order valence-corrected chi connectivity index (χ4v) is 5.84. The topological polar surface area (TPSA) is 113 Å². The molecular weight excluding hydrogens is 547 g/mol. The first kappa shape index (κ1) is 29.9. The highest BCUT2D eigenvalue weighted by molar-refractivity contribution is 6.47. The minimum absolute atomic E-state index is 0.0658. The minimum atomic E-state index is -0.349. The van der Waals surface area contributed by atoms with E-state index in [1.807, 2.05) is 19.1 Å². The van der Waals surface area contributed by atoms with Crippen molar-refractivity contribution in [3.05, 3.63) is 69.2 Å². The van der Waals surface area contributed by atoms with E-state index >= 15 is 0 Å². The Hall–Kier alpha value is -3.10. The van der Waals surface area contributed by atoms with Crippen LogP contribution in [0.5, 0.6) is 0 Å². The molecule has 1 aromatic heterocycles. The van der Waals surface area contributed by atoms with Crippen LogP contribution in [0.1, 0.15) is 94.1 Å². The number of rotatable bonds is 8. The summed E-state index contributed by atoms with van der Waals surface area (Å²) in [6, 6.07) is 12.3. The SMILES string of the molecule is CC(CC(=O)/C(=N\C1(C)CCC(C(C)(C)C)CC1)c1cc(Cl)cc(Cl)c1)c1ccc(C(=O)Nc2nn[nH]n2)cc1. The normalized spacial score (nSPS) is 20.7. The van der Waals surface area contributed by atoms with Gasteiger partial charge in [0.25, 0.3) is 11.9 Å². The van der Waals surface area contributed by atoms with E-state index in [0.717, 1.165) is 31.2 Å². The largest absolute Gasteiger partial charge is 0.292 e. The number of aliphatic imine (C=N–C) groups is 1. The number of carbonyl (C=O) groups excluding carboxylic acids is 2. The zero-order valence-electron chi connectivity index (χ0n) is 23.6. The highest BCUT2D eigenvalue weighted by atomic mass is 35.5. The van der Waals surface area contributed by atoms with E-state index in [-0.39, 0.29) is 40.9 Å². The summed E-state index contributed by atoms with van der Waals surface area (Å²) in [5.41, 5.74) is 2.36. The van der Waals surface area contributed by atoms with E-state index < -0.39 is 0 Å². The van der Waals surface area contributed by atoms with E-state index in [4.69, 9.17) is 28.2 Å². The van der Waals surface area contributed by atoms with Gasteiger partial charge in [-0.1, -0.05) is 68.1 Å². The lowest BCUT2D eigenvalue weighted by Gasteiger charge is -2.40. The van der Waals surface area contributed by atoms with Crippen LogP contribution in [0.15, 0.2) is 47.5 Å². The molecule has 40 heavy (non-hydrogen) atoms. The summed E-state index contributed by atoms with van der Waals surface area (Å²) in [4.78, 5) is 31.4. The summed E-state index contributed by atoms with van der Waals surface area (Å²) in [6.45, 7) is 11.0. The summed E-state index contributed by atoms with van der Waals surface area (Å²) in [7, 11) is 0. The lowest BCUT2D eigenvalue weighted by Crippen LogP contribution is -2.35. The van der Waals surface area contributed by atoms with Crippen molar-refractivity contribution in [1.29, 1.82) is 0 Å². The highest BCUT2D eigenvalue weighted by Gasteiger charge is 2.36. The molecule has 0 bridgehead atoms. The number of benzene rings is 2. The van der Waals surface area contributed by atoms with Gasteiger partial charge in [-0.2, -0.15) is 5.21 Å². The van der Waals surface area contributed by atoms with Crippen molar-refractivity contribution in [3.63, 3.8) is 0 Å². The van der Waals surface area contributed by atoms with Crippen molar-refractivity contribution in [1.82, 2.24) is 20.6 Å². The fourth-order valence-electron chi connectivity index (χ4n) is 5.31. The number of H-pyrrole nitrogens is 1. The standard InChI is InChI=1S/C30H36Cl2N6O2/c1-18(19-6-8-20(9-7-19)27(40)33-28-35-37-38-36-28)14-25(39)26(21-15-23(31)17-24(32)16-21)34-30(5)12-10-22(11-13-30)29(2,3)4/h6-9,15-18,22H,10-14H2,1-5H3,(H2,33,35,36,37,38,40)/b34-26-. The number of tetrazole rings is 1. The zero-order chi connectivity index (χ0) is 29.1. The van der Waals surface area contributed by atoms with E-state index in [1.165, 1.54) is 0 Å². The van der Waals surface area contributed by atoms with Crippen LogP contribution in [-0.4, -0.2) is 43.6 Å². The third-order valence-corrected chi connectivity index (χ3v) is 8.31. The number of nitrogens with one attached hydrogen (secondary N) is 2. The molecule has 212 valence electrons. The number of carbonyl (C=O) groups is 2.